The Morgan fingerprint density at radius 3 is 2.65 bits per heavy atom. The molecule has 2 saturated heterocycles. The molecule has 2 rings (SSSR count). The van der Waals surface area contributed by atoms with Gasteiger partial charge in [0.25, 0.3) is 0 Å². The Kier molecular flexibility index (Phi) is 3.87. The molecule has 2 fully saturated rings. The summed E-state index contributed by atoms with van der Waals surface area (Å²) in [6.07, 6.45) is 1.83. The van der Waals surface area contributed by atoms with E-state index >= 15 is 0 Å². The zero-order chi connectivity index (χ0) is 14.9. The molecule has 2 heterocycles. The lowest BCUT2D eigenvalue weighted by atomic mass is 9.82. The van der Waals surface area contributed by atoms with Gasteiger partial charge in [-0.3, -0.25) is 9.59 Å². The Bertz CT molecular complexity index is 439. The molecule has 2 aliphatic rings. The van der Waals surface area contributed by atoms with Crippen LogP contribution in [0.15, 0.2) is 0 Å². The number of carbonyl (C=O) groups is 3. The van der Waals surface area contributed by atoms with Gasteiger partial charge in [0.05, 0.1) is 5.41 Å². The molecule has 0 aromatic carbocycles. The number of nitrogens with zero attached hydrogens (tertiary/aromatic N) is 2. The van der Waals surface area contributed by atoms with Gasteiger partial charge in [0, 0.05) is 26.7 Å². The third kappa shape index (κ3) is 2.71. The van der Waals surface area contributed by atoms with E-state index in [0.717, 1.165) is 0 Å². The summed E-state index contributed by atoms with van der Waals surface area (Å²) in [6.45, 7) is 3.01. The minimum absolute atomic E-state index is 0.0867. The standard InChI is InChI=1S/C13H21N3O4/c1-13(11(18)19)5-3-6-16(8-13)12(20)14-9-4-7-15(2)10(9)17/h9H,3-8H2,1-2H3,(H,14,20)(H,18,19). The number of carboxylic acid groups (broad SMARTS) is 1. The van der Waals surface area contributed by atoms with Crippen molar-refractivity contribution in [2.75, 3.05) is 26.7 Å². The summed E-state index contributed by atoms with van der Waals surface area (Å²) in [4.78, 5) is 38.3. The van der Waals surface area contributed by atoms with Crippen LogP contribution in [0.5, 0.6) is 0 Å². The Balaban J connectivity index is 1.96. The molecule has 7 nitrogen and oxygen atoms in total. The van der Waals surface area contributed by atoms with E-state index in [4.69, 9.17) is 0 Å². The fourth-order valence-corrected chi connectivity index (χ4v) is 2.78. The molecule has 2 atom stereocenters. The van der Waals surface area contributed by atoms with Crippen molar-refractivity contribution < 1.29 is 19.5 Å². The molecule has 0 aliphatic carbocycles. The molecule has 2 N–H and O–H groups in total. The van der Waals surface area contributed by atoms with Gasteiger partial charge in [0.15, 0.2) is 0 Å². The predicted octanol–water partition coefficient (Wildman–Crippen LogP) is 0.113. The SMILES string of the molecule is CN1CCC(NC(=O)N2CCCC(C)(C(=O)O)C2)C1=O. The largest absolute Gasteiger partial charge is 0.481 e. The highest BCUT2D eigenvalue weighted by molar-refractivity contribution is 5.88. The van der Waals surface area contributed by atoms with Crippen LogP contribution in [-0.2, 0) is 9.59 Å². The van der Waals surface area contributed by atoms with Gasteiger partial charge < -0.3 is 20.2 Å². The van der Waals surface area contributed by atoms with Gasteiger partial charge in [0.1, 0.15) is 6.04 Å². The quantitative estimate of drug-likeness (QED) is 0.753. The van der Waals surface area contributed by atoms with Crippen molar-refractivity contribution in [2.45, 2.75) is 32.2 Å². The molecule has 20 heavy (non-hydrogen) atoms. The van der Waals surface area contributed by atoms with E-state index in [9.17, 15) is 19.5 Å². The number of urea groups is 1. The van der Waals surface area contributed by atoms with E-state index in [0.29, 0.717) is 32.4 Å². The van der Waals surface area contributed by atoms with E-state index in [2.05, 4.69) is 5.32 Å². The number of likely N-dealkylation sites (tertiary alicyclic amines) is 2. The van der Waals surface area contributed by atoms with Crippen LogP contribution in [0, 0.1) is 5.41 Å². The molecule has 2 unspecified atom stereocenters. The monoisotopic (exact) mass is 283 g/mol. The van der Waals surface area contributed by atoms with E-state index < -0.39 is 17.4 Å². The molecule has 3 amide bonds. The fourth-order valence-electron chi connectivity index (χ4n) is 2.78. The average molecular weight is 283 g/mol. The van der Waals surface area contributed by atoms with Crippen LogP contribution in [0.2, 0.25) is 0 Å². The van der Waals surface area contributed by atoms with E-state index in [1.807, 2.05) is 0 Å². The van der Waals surface area contributed by atoms with Crippen molar-refractivity contribution >= 4 is 17.9 Å². The van der Waals surface area contributed by atoms with E-state index in [1.54, 1.807) is 18.9 Å². The van der Waals surface area contributed by atoms with Crippen molar-refractivity contribution in [3.8, 4) is 0 Å². The van der Waals surface area contributed by atoms with Crippen LogP contribution >= 0.6 is 0 Å². The fraction of sp³-hybridized carbons (Fsp3) is 0.769. The van der Waals surface area contributed by atoms with Gasteiger partial charge in [-0.1, -0.05) is 0 Å². The van der Waals surface area contributed by atoms with E-state index in [-0.39, 0.29) is 18.5 Å². The summed E-state index contributed by atoms with van der Waals surface area (Å²) in [5.41, 5.74) is -0.897. The maximum atomic E-state index is 12.2. The number of piperidine rings is 1. The maximum absolute atomic E-state index is 12.2. The predicted molar refractivity (Wildman–Crippen MR) is 71.1 cm³/mol. The topological polar surface area (TPSA) is 90.0 Å². The zero-order valence-corrected chi connectivity index (χ0v) is 11.9. The number of aliphatic carboxylic acids is 1. The molecule has 2 aliphatic heterocycles. The molecular formula is C13H21N3O4. The molecular weight excluding hydrogens is 262 g/mol. The summed E-state index contributed by atoms with van der Waals surface area (Å²) < 4.78 is 0. The number of carbonyl (C=O) groups excluding carboxylic acids is 2. The second-order valence-electron chi connectivity index (χ2n) is 5.94. The Morgan fingerprint density at radius 1 is 1.40 bits per heavy atom. The van der Waals surface area contributed by atoms with Crippen molar-refractivity contribution in [1.29, 1.82) is 0 Å². The highest BCUT2D eigenvalue weighted by Gasteiger charge is 2.40. The first kappa shape index (κ1) is 14.6. The summed E-state index contributed by atoms with van der Waals surface area (Å²) in [5, 5.41) is 11.9. The number of amides is 3. The van der Waals surface area contributed by atoms with Gasteiger partial charge in [-0.05, 0) is 26.2 Å². The van der Waals surface area contributed by atoms with E-state index in [1.165, 1.54) is 4.90 Å². The van der Waals surface area contributed by atoms with Crippen molar-refractivity contribution in [3.05, 3.63) is 0 Å². The number of hydrogen-bond acceptors (Lipinski definition) is 3. The van der Waals surface area contributed by atoms with Gasteiger partial charge in [-0.15, -0.1) is 0 Å². The third-order valence-corrected chi connectivity index (χ3v) is 4.23. The smallest absolute Gasteiger partial charge is 0.318 e. The van der Waals surface area contributed by atoms with Crippen LogP contribution in [0.25, 0.3) is 0 Å². The highest BCUT2D eigenvalue weighted by atomic mass is 16.4. The molecule has 0 aromatic rings. The summed E-state index contributed by atoms with van der Waals surface area (Å²) in [5.74, 6) is -0.969. The molecule has 7 heteroatoms. The Labute approximate surface area is 117 Å². The van der Waals surface area contributed by atoms with Gasteiger partial charge >= 0.3 is 12.0 Å². The summed E-state index contributed by atoms with van der Waals surface area (Å²) in [7, 11) is 1.71. The van der Waals surface area contributed by atoms with Crippen LogP contribution in [-0.4, -0.2) is 65.5 Å². The normalized spacial score (nSPS) is 30.5. The molecule has 112 valence electrons. The summed E-state index contributed by atoms with van der Waals surface area (Å²) in [6, 6.07) is -0.823. The van der Waals surface area contributed by atoms with Gasteiger partial charge in [-0.2, -0.15) is 0 Å². The number of nitrogens with one attached hydrogen (secondary N) is 1. The van der Waals surface area contributed by atoms with Crippen LogP contribution in [0.1, 0.15) is 26.2 Å². The van der Waals surface area contributed by atoms with Gasteiger partial charge in [-0.25, -0.2) is 4.79 Å². The molecule has 0 saturated carbocycles. The average Bonchev–Trinajstić information content (AvgIpc) is 2.70. The van der Waals surface area contributed by atoms with Crippen molar-refractivity contribution in [3.63, 3.8) is 0 Å². The second-order valence-corrected chi connectivity index (χ2v) is 5.94. The van der Waals surface area contributed by atoms with Gasteiger partial charge in [0.2, 0.25) is 5.91 Å². The maximum Gasteiger partial charge on any atom is 0.318 e. The number of likely N-dealkylation sites (N-methyl/N-ethyl adjacent to an activating group) is 1. The summed E-state index contributed by atoms with van der Waals surface area (Å²) >= 11 is 0. The van der Waals surface area contributed by atoms with Crippen LogP contribution in [0.3, 0.4) is 0 Å². The first-order valence-electron chi connectivity index (χ1n) is 6.87. The molecule has 0 spiro atoms. The number of rotatable bonds is 2. The van der Waals surface area contributed by atoms with Crippen molar-refractivity contribution in [2.24, 2.45) is 5.41 Å². The molecule has 0 aromatic heterocycles. The van der Waals surface area contributed by atoms with Crippen LogP contribution in [0.4, 0.5) is 4.79 Å². The zero-order valence-electron chi connectivity index (χ0n) is 11.9. The van der Waals surface area contributed by atoms with Crippen LogP contribution < -0.4 is 5.32 Å². The second kappa shape index (κ2) is 5.30. The highest BCUT2D eigenvalue weighted by Crippen LogP contribution is 2.29. The minimum atomic E-state index is -0.897. The third-order valence-electron chi connectivity index (χ3n) is 4.23. The first-order valence-corrected chi connectivity index (χ1v) is 6.87. The lowest BCUT2D eigenvalue weighted by Crippen LogP contribution is -2.54. The van der Waals surface area contributed by atoms with Crippen molar-refractivity contribution in [1.82, 2.24) is 15.1 Å². The first-order chi connectivity index (χ1) is 9.33. The lowest BCUT2D eigenvalue weighted by molar-refractivity contribution is -0.150. The Hall–Kier alpha value is -1.79. The number of hydrogen-bond donors (Lipinski definition) is 2. The lowest BCUT2D eigenvalue weighted by Gasteiger charge is -2.37. The molecule has 0 bridgehead atoms. The Morgan fingerprint density at radius 2 is 2.10 bits per heavy atom. The number of carboxylic acids is 1. The molecule has 0 radical (unpaired) electrons. The minimum Gasteiger partial charge on any atom is -0.481 e.